The number of aliphatic hydroxyl groups is 1. The molecule has 1 N–H and O–H groups in total. The third-order valence-electron chi connectivity index (χ3n) is 3.04. The van der Waals surface area contributed by atoms with Crippen LogP contribution in [0.1, 0.15) is 27.2 Å². The minimum absolute atomic E-state index is 0.0924. The van der Waals surface area contributed by atoms with Crippen molar-refractivity contribution in [1.82, 2.24) is 4.90 Å². The zero-order valence-corrected chi connectivity index (χ0v) is 11.2. The summed E-state index contributed by atoms with van der Waals surface area (Å²) in [5.41, 5.74) is 0. The van der Waals surface area contributed by atoms with Crippen LogP contribution in [0.4, 0.5) is 0 Å². The number of halogens is 1. The van der Waals surface area contributed by atoms with Gasteiger partial charge in [-0.3, -0.25) is 4.79 Å². The van der Waals surface area contributed by atoms with Crippen LogP contribution in [0.3, 0.4) is 0 Å². The molecule has 0 radical (unpaired) electrons. The fraction of sp³-hybridized carbons (Fsp3) is 0.909. The Kier molecular flexibility index (Phi) is 4.59. The number of rotatable bonds is 3. The van der Waals surface area contributed by atoms with Gasteiger partial charge in [0.2, 0.25) is 5.91 Å². The van der Waals surface area contributed by atoms with E-state index >= 15 is 0 Å². The molecule has 1 aliphatic rings. The zero-order chi connectivity index (χ0) is 11.6. The number of nitrogens with zero attached hydrogens (tertiary/aromatic N) is 1. The molecule has 1 heterocycles. The molecule has 3 unspecified atom stereocenters. The van der Waals surface area contributed by atoms with Crippen molar-refractivity contribution in [3.8, 4) is 0 Å². The van der Waals surface area contributed by atoms with E-state index in [1.54, 1.807) is 6.92 Å². The average molecular weight is 278 g/mol. The molecule has 1 rings (SSSR count). The number of aliphatic hydroxyl groups excluding tert-OH is 1. The van der Waals surface area contributed by atoms with Crippen LogP contribution in [0.25, 0.3) is 0 Å². The second-order valence-corrected chi connectivity index (χ2v) is 5.71. The standard InChI is InChI=1S/C11H20BrNO2/c1-7(2)10(12)11(15)13-5-4-9(6-13)8(3)14/h7-10,14H,4-6H2,1-3H3. The normalized spacial score (nSPS) is 25.7. The maximum Gasteiger partial charge on any atom is 0.236 e. The van der Waals surface area contributed by atoms with Gasteiger partial charge in [0.25, 0.3) is 0 Å². The Morgan fingerprint density at radius 1 is 1.47 bits per heavy atom. The van der Waals surface area contributed by atoms with Crippen LogP contribution in [-0.4, -0.2) is 39.9 Å². The highest BCUT2D eigenvalue weighted by atomic mass is 79.9. The van der Waals surface area contributed by atoms with Crippen molar-refractivity contribution in [3.63, 3.8) is 0 Å². The molecule has 0 spiro atoms. The van der Waals surface area contributed by atoms with Gasteiger partial charge in [-0.25, -0.2) is 0 Å². The summed E-state index contributed by atoms with van der Waals surface area (Å²) in [5, 5.41) is 9.45. The first-order valence-corrected chi connectivity index (χ1v) is 6.46. The Balaban J connectivity index is 2.50. The Labute approximate surface area is 100.0 Å². The first-order valence-electron chi connectivity index (χ1n) is 5.54. The highest BCUT2D eigenvalue weighted by Gasteiger charge is 2.32. The second-order valence-electron chi connectivity index (χ2n) is 4.72. The van der Waals surface area contributed by atoms with Crippen molar-refractivity contribution in [2.75, 3.05) is 13.1 Å². The minimum Gasteiger partial charge on any atom is -0.393 e. The van der Waals surface area contributed by atoms with Crippen LogP contribution >= 0.6 is 15.9 Å². The van der Waals surface area contributed by atoms with Gasteiger partial charge >= 0.3 is 0 Å². The average Bonchev–Trinajstić information content (AvgIpc) is 2.64. The van der Waals surface area contributed by atoms with E-state index in [-0.39, 0.29) is 22.8 Å². The van der Waals surface area contributed by atoms with E-state index in [0.29, 0.717) is 12.5 Å². The Bertz CT molecular complexity index is 231. The molecule has 88 valence electrons. The lowest BCUT2D eigenvalue weighted by Gasteiger charge is -2.22. The van der Waals surface area contributed by atoms with Crippen LogP contribution in [0, 0.1) is 11.8 Å². The van der Waals surface area contributed by atoms with Gasteiger partial charge in [0.15, 0.2) is 0 Å². The van der Waals surface area contributed by atoms with Gasteiger partial charge < -0.3 is 10.0 Å². The van der Waals surface area contributed by atoms with Gasteiger partial charge in [-0.1, -0.05) is 29.8 Å². The molecule has 0 saturated carbocycles. The van der Waals surface area contributed by atoms with Gasteiger partial charge in [0.05, 0.1) is 10.9 Å². The topological polar surface area (TPSA) is 40.5 Å². The van der Waals surface area contributed by atoms with Crippen molar-refractivity contribution in [1.29, 1.82) is 0 Å². The van der Waals surface area contributed by atoms with E-state index in [1.165, 1.54) is 0 Å². The smallest absolute Gasteiger partial charge is 0.236 e. The van der Waals surface area contributed by atoms with Crippen LogP contribution < -0.4 is 0 Å². The molecule has 0 bridgehead atoms. The van der Waals surface area contributed by atoms with Crippen LogP contribution in [-0.2, 0) is 4.79 Å². The summed E-state index contributed by atoms with van der Waals surface area (Å²) in [6.07, 6.45) is 0.608. The number of alkyl halides is 1. The number of likely N-dealkylation sites (tertiary alicyclic amines) is 1. The number of carbonyl (C=O) groups excluding carboxylic acids is 1. The maximum absolute atomic E-state index is 12.0. The maximum atomic E-state index is 12.0. The Morgan fingerprint density at radius 3 is 2.47 bits per heavy atom. The Morgan fingerprint density at radius 2 is 2.07 bits per heavy atom. The van der Waals surface area contributed by atoms with Crippen molar-refractivity contribution in [3.05, 3.63) is 0 Å². The van der Waals surface area contributed by atoms with Crippen LogP contribution in [0.15, 0.2) is 0 Å². The number of hydrogen-bond acceptors (Lipinski definition) is 2. The lowest BCUT2D eigenvalue weighted by molar-refractivity contribution is -0.130. The SMILES string of the molecule is CC(C)C(Br)C(=O)N1CCC(C(C)O)C1. The molecule has 0 aromatic rings. The quantitative estimate of drug-likeness (QED) is 0.797. The lowest BCUT2D eigenvalue weighted by Crippen LogP contribution is -2.37. The van der Waals surface area contributed by atoms with Crippen molar-refractivity contribution < 1.29 is 9.90 Å². The van der Waals surface area contributed by atoms with Gasteiger partial charge in [-0.2, -0.15) is 0 Å². The third kappa shape index (κ3) is 3.18. The second kappa shape index (κ2) is 5.30. The zero-order valence-electron chi connectivity index (χ0n) is 9.61. The predicted molar refractivity (Wildman–Crippen MR) is 63.9 cm³/mol. The third-order valence-corrected chi connectivity index (χ3v) is 4.49. The molecule has 1 fully saturated rings. The predicted octanol–water partition coefficient (Wildman–Crippen LogP) is 1.64. The molecule has 3 nitrogen and oxygen atoms in total. The molecular formula is C11H20BrNO2. The molecule has 0 aliphatic carbocycles. The molecule has 1 amide bonds. The Hall–Kier alpha value is -0.0900. The molecule has 3 atom stereocenters. The fourth-order valence-electron chi connectivity index (χ4n) is 1.84. The molecule has 4 heteroatoms. The van der Waals surface area contributed by atoms with Gasteiger partial charge in [0, 0.05) is 19.0 Å². The summed E-state index contributed by atoms with van der Waals surface area (Å²) >= 11 is 3.42. The number of amides is 1. The molecule has 15 heavy (non-hydrogen) atoms. The summed E-state index contributed by atoms with van der Waals surface area (Å²) < 4.78 is 0. The minimum atomic E-state index is -0.310. The first-order chi connectivity index (χ1) is 6.93. The molecule has 1 saturated heterocycles. The van der Waals surface area contributed by atoms with E-state index in [1.807, 2.05) is 18.7 Å². The lowest BCUT2D eigenvalue weighted by atomic mass is 10.0. The first kappa shape index (κ1) is 13.0. The summed E-state index contributed by atoms with van der Waals surface area (Å²) in [5.74, 6) is 0.720. The highest BCUT2D eigenvalue weighted by Crippen LogP contribution is 2.23. The van der Waals surface area contributed by atoms with Gasteiger partial charge in [-0.15, -0.1) is 0 Å². The van der Waals surface area contributed by atoms with E-state index in [0.717, 1.165) is 13.0 Å². The van der Waals surface area contributed by atoms with E-state index in [4.69, 9.17) is 0 Å². The van der Waals surface area contributed by atoms with Gasteiger partial charge in [-0.05, 0) is 19.3 Å². The van der Waals surface area contributed by atoms with Crippen molar-refractivity contribution in [2.24, 2.45) is 11.8 Å². The summed E-state index contributed by atoms with van der Waals surface area (Å²) in [7, 11) is 0. The summed E-state index contributed by atoms with van der Waals surface area (Å²) in [4.78, 5) is 13.7. The van der Waals surface area contributed by atoms with E-state index in [9.17, 15) is 9.90 Å². The van der Waals surface area contributed by atoms with Gasteiger partial charge in [0.1, 0.15) is 0 Å². The van der Waals surface area contributed by atoms with E-state index < -0.39 is 0 Å². The van der Waals surface area contributed by atoms with Crippen molar-refractivity contribution in [2.45, 2.75) is 38.1 Å². The van der Waals surface area contributed by atoms with Crippen LogP contribution in [0.5, 0.6) is 0 Å². The van der Waals surface area contributed by atoms with Crippen LogP contribution in [0.2, 0.25) is 0 Å². The number of carbonyl (C=O) groups is 1. The highest BCUT2D eigenvalue weighted by molar-refractivity contribution is 9.10. The fourth-order valence-corrected chi connectivity index (χ4v) is 2.13. The number of hydrogen-bond donors (Lipinski definition) is 1. The molecule has 0 aromatic carbocycles. The van der Waals surface area contributed by atoms with E-state index in [2.05, 4.69) is 15.9 Å². The monoisotopic (exact) mass is 277 g/mol. The molecular weight excluding hydrogens is 258 g/mol. The summed E-state index contributed by atoms with van der Waals surface area (Å²) in [6, 6.07) is 0. The largest absolute Gasteiger partial charge is 0.393 e. The van der Waals surface area contributed by atoms with Crippen molar-refractivity contribution >= 4 is 21.8 Å². The summed E-state index contributed by atoms with van der Waals surface area (Å²) in [6.45, 7) is 7.33. The molecule has 1 aliphatic heterocycles. The molecule has 0 aromatic heterocycles.